The monoisotopic (exact) mass is 279 g/mol. The molecule has 4 atom stereocenters. The van der Waals surface area contributed by atoms with Gasteiger partial charge in [0.05, 0.1) is 0 Å². The van der Waals surface area contributed by atoms with Crippen LogP contribution in [0.3, 0.4) is 0 Å². The molecular weight excluding hydrogens is 254 g/mol. The summed E-state index contributed by atoms with van der Waals surface area (Å²) in [6.45, 7) is 2.92. The molecule has 0 heterocycles. The third kappa shape index (κ3) is 3.90. The predicted molar refractivity (Wildman–Crippen MR) is 82.3 cm³/mol. The third-order valence-electron chi connectivity index (χ3n) is 4.41. The molecule has 1 aromatic carbocycles. The Labute approximate surface area is 119 Å². The Morgan fingerprint density at radius 3 is 2.63 bits per heavy atom. The summed E-state index contributed by atoms with van der Waals surface area (Å²) < 4.78 is 12.7. The molecule has 0 spiro atoms. The van der Waals surface area contributed by atoms with Gasteiger partial charge in [0, 0.05) is 21.8 Å². The van der Waals surface area contributed by atoms with Crippen molar-refractivity contribution >= 4 is 10.8 Å². The quantitative estimate of drug-likeness (QED) is 0.900. The fourth-order valence-electron chi connectivity index (χ4n) is 3.08. The fraction of sp³-hybridized carbons (Fsp3) is 0.625. The zero-order chi connectivity index (χ0) is 13.7. The van der Waals surface area contributed by atoms with Crippen molar-refractivity contribution in [2.75, 3.05) is 6.54 Å². The fourth-order valence-corrected chi connectivity index (χ4v) is 4.98. The van der Waals surface area contributed by atoms with Crippen molar-refractivity contribution in [2.45, 2.75) is 43.6 Å². The zero-order valence-electron chi connectivity index (χ0n) is 11.8. The van der Waals surface area contributed by atoms with Crippen LogP contribution < -0.4 is 5.73 Å². The maximum Gasteiger partial charge on any atom is 0.0488 e. The standard InChI is InChI=1S/C16H25NOS/c1-2-13-8-9-15(11-17)16(10-13)19(18)12-14-6-4-3-5-7-14/h3-7,13,15-16H,2,8-12,17H2,1H3. The van der Waals surface area contributed by atoms with E-state index in [9.17, 15) is 4.21 Å². The highest BCUT2D eigenvalue weighted by atomic mass is 32.2. The average molecular weight is 279 g/mol. The molecule has 1 aliphatic rings. The van der Waals surface area contributed by atoms with Crippen LogP contribution in [-0.2, 0) is 16.6 Å². The second-order valence-corrected chi connectivity index (χ2v) is 7.29. The van der Waals surface area contributed by atoms with Crippen molar-refractivity contribution < 1.29 is 4.21 Å². The minimum Gasteiger partial charge on any atom is -0.330 e. The van der Waals surface area contributed by atoms with Gasteiger partial charge in [-0.2, -0.15) is 0 Å². The molecule has 0 radical (unpaired) electrons. The molecule has 0 aliphatic heterocycles. The minimum absolute atomic E-state index is 0.295. The molecule has 1 fully saturated rings. The lowest BCUT2D eigenvalue weighted by molar-refractivity contribution is 0.280. The highest BCUT2D eigenvalue weighted by Crippen LogP contribution is 2.34. The third-order valence-corrected chi connectivity index (χ3v) is 6.28. The molecule has 0 aromatic heterocycles. The molecule has 3 heteroatoms. The topological polar surface area (TPSA) is 43.1 Å². The maximum atomic E-state index is 12.7. The molecule has 19 heavy (non-hydrogen) atoms. The summed E-state index contributed by atoms with van der Waals surface area (Å²) >= 11 is 0. The van der Waals surface area contributed by atoms with E-state index in [-0.39, 0.29) is 0 Å². The molecule has 2 rings (SSSR count). The van der Waals surface area contributed by atoms with Gasteiger partial charge >= 0.3 is 0 Å². The molecule has 2 N–H and O–H groups in total. The molecule has 0 saturated heterocycles. The van der Waals surface area contributed by atoms with Gasteiger partial charge in [0.25, 0.3) is 0 Å². The molecule has 0 amide bonds. The molecular formula is C16H25NOS. The first-order valence-electron chi connectivity index (χ1n) is 7.35. The molecule has 1 aliphatic carbocycles. The van der Waals surface area contributed by atoms with Gasteiger partial charge < -0.3 is 5.73 Å². The largest absolute Gasteiger partial charge is 0.330 e. The predicted octanol–water partition coefficient (Wildman–Crippen LogP) is 3.09. The van der Waals surface area contributed by atoms with E-state index >= 15 is 0 Å². The number of hydrogen-bond donors (Lipinski definition) is 1. The van der Waals surface area contributed by atoms with E-state index in [1.165, 1.54) is 18.4 Å². The minimum atomic E-state index is -0.790. The second-order valence-electron chi connectivity index (χ2n) is 5.63. The Bertz CT molecular complexity index is 406. The van der Waals surface area contributed by atoms with Gasteiger partial charge in [0.1, 0.15) is 0 Å². The lowest BCUT2D eigenvalue weighted by Gasteiger charge is -2.34. The van der Waals surface area contributed by atoms with Crippen LogP contribution in [0.5, 0.6) is 0 Å². The molecule has 0 bridgehead atoms. The Morgan fingerprint density at radius 2 is 2.00 bits per heavy atom. The van der Waals surface area contributed by atoms with Crippen LogP contribution in [0.1, 0.15) is 38.2 Å². The van der Waals surface area contributed by atoms with E-state index < -0.39 is 10.8 Å². The van der Waals surface area contributed by atoms with Crippen LogP contribution in [0.4, 0.5) is 0 Å². The van der Waals surface area contributed by atoms with E-state index in [0.717, 1.165) is 18.8 Å². The first kappa shape index (κ1) is 14.7. The SMILES string of the molecule is CCC1CCC(CN)C(S(=O)Cc2ccccc2)C1. The summed E-state index contributed by atoms with van der Waals surface area (Å²) in [7, 11) is -0.790. The van der Waals surface area contributed by atoms with Gasteiger partial charge in [0.2, 0.25) is 0 Å². The van der Waals surface area contributed by atoms with Gasteiger partial charge in [-0.3, -0.25) is 4.21 Å². The summed E-state index contributed by atoms with van der Waals surface area (Å²) in [5, 5.41) is 0.295. The summed E-state index contributed by atoms with van der Waals surface area (Å²) in [6.07, 6.45) is 4.71. The van der Waals surface area contributed by atoms with E-state index in [4.69, 9.17) is 5.73 Å². The Kier molecular flexibility index (Phi) is 5.59. The molecule has 106 valence electrons. The van der Waals surface area contributed by atoms with Crippen LogP contribution in [0.2, 0.25) is 0 Å². The van der Waals surface area contributed by atoms with Crippen molar-refractivity contribution in [3.05, 3.63) is 35.9 Å². The first-order valence-corrected chi connectivity index (χ1v) is 8.74. The maximum absolute atomic E-state index is 12.7. The molecule has 1 saturated carbocycles. The Balaban J connectivity index is 2.02. The van der Waals surface area contributed by atoms with Gasteiger partial charge in [-0.15, -0.1) is 0 Å². The van der Waals surface area contributed by atoms with Crippen LogP contribution >= 0.6 is 0 Å². The molecule has 4 unspecified atom stereocenters. The number of benzene rings is 1. The Hall–Kier alpha value is -0.670. The van der Waals surface area contributed by atoms with Gasteiger partial charge in [-0.05, 0) is 36.8 Å². The van der Waals surface area contributed by atoms with Crippen LogP contribution in [-0.4, -0.2) is 16.0 Å². The van der Waals surface area contributed by atoms with Gasteiger partial charge in [0.15, 0.2) is 0 Å². The van der Waals surface area contributed by atoms with Crippen LogP contribution in [0.15, 0.2) is 30.3 Å². The number of rotatable bonds is 5. The lowest BCUT2D eigenvalue weighted by Crippen LogP contribution is -2.37. The molecule has 2 nitrogen and oxygen atoms in total. The van der Waals surface area contributed by atoms with E-state index in [2.05, 4.69) is 19.1 Å². The van der Waals surface area contributed by atoms with Crippen LogP contribution in [0, 0.1) is 11.8 Å². The zero-order valence-corrected chi connectivity index (χ0v) is 12.6. The van der Waals surface area contributed by atoms with Crippen LogP contribution in [0.25, 0.3) is 0 Å². The Morgan fingerprint density at radius 1 is 1.26 bits per heavy atom. The van der Waals surface area contributed by atoms with Gasteiger partial charge in [-0.25, -0.2) is 0 Å². The normalized spacial score (nSPS) is 29.1. The lowest BCUT2D eigenvalue weighted by atomic mass is 9.80. The number of nitrogens with two attached hydrogens (primary N) is 1. The number of hydrogen-bond acceptors (Lipinski definition) is 2. The highest BCUT2D eigenvalue weighted by molar-refractivity contribution is 7.84. The van der Waals surface area contributed by atoms with Gasteiger partial charge in [-0.1, -0.05) is 50.1 Å². The van der Waals surface area contributed by atoms with Crippen molar-refractivity contribution in [3.8, 4) is 0 Å². The van der Waals surface area contributed by atoms with Crippen molar-refractivity contribution in [1.29, 1.82) is 0 Å². The second kappa shape index (κ2) is 7.20. The van der Waals surface area contributed by atoms with Crippen molar-refractivity contribution in [3.63, 3.8) is 0 Å². The smallest absolute Gasteiger partial charge is 0.0488 e. The summed E-state index contributed by atoms with van der Waals surface area (Å²) in [4.78, 5) is 0. The molecule has 1 aromatic rings. The van der Waals surface area contributed by atoms with Crippen molar-refractivity contribution in [2.24, 2.45) is 17.6 Å². The van der Waals surface area contributed by atoms with E-state index in [1.54, 1.807) is 0 Å². The van der Waals surface area contributed by atoms with Crippen molar-refractivity contribution in [1.82, 2.24) is 0 Å². The highest BCUT2D eigenvalue weighted by Gasteiger charge is 2.32. The average Bonchev–Trinajstić information content (AvgIpc) is 2.47. The summed E-state index contributed by atoms with van der Waals surface area (Å²) in [6, 6.07) is 10.2. The first-order chi connectivity index (χ1) is 9.24. The van der Waals surface area contributed by atoms with E-state index in [0.29, 0.717) is 23.5 Å². The van der Waals surface area contributed by atoms with E-state index in [1.807, 2.05) is 18.2 Å². The summed E-state index contributed by atoms with van der Waals surface area (Å²) in [5.41, 5.74) is 7.05. The summed E-state index contributed by atoms with van der Waals surface area (Å²) in [5.74, 6) is 1.87.